The molecule has 9 N–H and O–H groups in total. The summed E-state index contributed by atoms with van der Waals surface area (Å²) in [4.78, 5) is 13.4. The number of allylic oxidation sites excluding steroid dienone is 29. The van der Waals surface area contributed by atoms with Crippen molar-refractivity contribution in [2.45, 2.75) is 383 Å². The molecule has 14 nitrogen and oxygen atoms in total. The molecule has 614 valence electrons. The number of hydrogen-bond acceptors (Lipinski definition) is 13. The molecule has 0 bridgehead atoms. The van der Waals surface area contributed by atoms with Crippen molar-refractivity contribution in [3.63, 3.8) is 0 Å². The standard InChI is InChI=1S/C94H155NO13/c1-3-5-7-9-11-13-15-17-19-21-23-25-27-29-31-33-35-37-38-39-40-41-42-43-44-46-48-50-52-54-56-58-60-62-64-66-68-70-72-74-76-78-86(99)95-82(81-105-93-91(104)89(102)92(85(80-97)107-93)108-94-90(103)88(101)87(100)84(79-96)106-94)83(98)77-75-73-71-69-67-65-63-61-59-57-55-53-51-49-47-45-36-34-32-30-28-26-24-22-20-18-16-14-12-10-8-6-4-2/h5,7,11,13,17,19,23,25,29,31,35,37,39-40,42-43,46,48,52,54,58-61,64,66-67,69,75,77,82-85,87-94,96-98,100-104H,3-4,6,8-10,12,14-16,18,20-22,24,26-28,30,32-34,36,38,41,44-45,47,49-51,53,55-57,62-63,65,68,70-74,76,78-81H2,1-2H3,(H,95,99)/b7-5-,13-11-,19-17-,25-23-,31-29-,37-35-,40-39-,43-42-,48-46-,54-52-,60-58-,61-59+,66-64-,69-67+,77-75+. The average Bonchev–Trinajstić information content (AvgIpc) is 0.789. The van der Waals surface area contributed by atoms with Gasteiger partial charge in [0.1, 0.15) is 48.8 Å². The van der Waals surface area contributed by atoms with E-state index in [0.717, 1.165) is 128 Å². The Labute approximate surface area is 657 Å². The van der Waals surface area contributed by atoms with Crippen molar-refractivity contribution < 1.29 is 64.6 Å². The normalized spacial score (nSPS) is 22.1. The highest BCUT2D eigenvalue weighted by Crippen LogP contribution is 2.30. The van der Waals surface area contributed by atoms with E-state index in [9.17, 15) is 45.6 Å². The number of ether oxygens (including phenoxy) is 4. The van der Waals surface area contributed by atoms with Crippen LogP contribution in [0.4, 0.5) is 0 Å². The largest absolute Gasteiger partial charge is 0.394 e. The van der Waals surface area contributed by atoms with Crippen LogP contribution in [0.15, 0.2) is 182 Å². The molecule has 12 atom stereocenters. The fourth-order valence-corrected chi connectivity index (χ4v) is 12.8. The van der Waals surface area contributed by atoms with Gasteiger partial charge in [-0.1, -0.05) is 350 Å². The molecule has 0 aromatic rings. The quantitative estimate of drug-likeness (QED) is 0.0204. The lowest BCUT2D eigenvalue weighted by Gasteiger charge is -2.46. The molecule has 0 aliphatic carbocycles. The van der Waals surface area contributed by atoms with Crippen molar-refractivity contribution in [3.8, 4) is 0 Å². The minimum Gasteiger partial charge on any atom is -0.394 e. The van der Waals surface area contributed by atoms with E-state index in [2.05, 4.69) is 189 Å². The second kappa shape index (κ2) is 74.8. The van der Waals surface area contributed by atoms with Crippen molar-refractivity contribution in [2.75, 3.05) is 19.8 Å². The highest BCUT2D eigenvalue weighted by Gasteiger charge is 2.51. The number of carbonyl (C=O) groups is 1. The molecule has 2 rings (SSSR count). The molecule has 12 unspecified atom stereocenters. The van der Waals surface area contributed by atoms with Crippen LogP contribution in [0.2, 0.25) is 0 Å². The van der Waals surface area contributed by atoms with Gasteiger partial charge in [0.2, 0.25) is 5.91 Å². The lowest BCUT2D eigenvalue weighted by molar-refractivity contribution is -0.359. The van der Waals surface area contributed by atoms with Gasteiger partial charge in [0.15, 0.2) is 12.6 Å². The number of carbonyl (C=O) groups excluding carboxylic acids is 1. The van der Waals surface area contributed by atoms with E-state index in [-0.39, 0.29) is 18.9 Å². The van der Waals surface area contributed by atoms with Gasteiger partial charge in [-0.15, -0.1) is 0 Å². The first kappa shape index (κ1) is 99.2. The maximum atomic E-state index is 13.4. The summed E-state index contributed by atoms with van der Waals surface area (Å²) in [6.07, 6.45) is 101. The van der Waals surface area contributed by atoms with Gasteiger partial charge >= 0.3 is 0 Å². The lowest BCUT2D eigenvalue weighted by Crippen LogP contribution is -2.65. The number of rotatable bonds is 70. The zero-order valence-corrected chi connectivity index (χ0v) is 67.5. The van der Waals surface area contributed by atoms with Crippen molar-refractivity contribution in [3.05, 3.63) is 182 Å². The summed E-state index contributed by atoms with van der Waals surface area (Å²) < 4.78 is 22.9. The van der Waals surface area contributed by atoms with Gasteiger partial charge < -0.3 is 65.1 Å². The zero-order valence-electron chi connectivity index (χ0n) is 67.5. The Morgan fingerprint density at radius 3 is 1.02 bits per heavy atom. The Balaban J connectivity index is 1.65. The number of amides is 1. The third kappa shape index (κ3) is 56.3. The summed E-state index contributed by atoms with van der Waals surface area (Å²) in [5, 5.41) is 87.7. The molecule has 14 heteroatoms. The van der Waals surface area contributed by atoms with Crippen LogP contribution in [-0.2, 0) is 23.7 Å². The lowest BCUT2D eigenvalue weighted by atomic mass is 9.97. The van der Waals surface area contributed by atoms with Gasteiger partial charge in [0.25, 0.3) is 0 Å². The van der Waals surface area contributed by atoms with Crippen LogP contribution in [0.5, 0.6) is 0 Å². The molecule has 0 radical (unpaired) electrons. The Morgan fingerprint density at radius 1 is 0.343 bits per heavy atom. The molecule has 2 aliphatic heterocycles. The number of aliphatic hydroxyl groups is 8. The zero-order chi connectivity index (χ0) is 77.9. The fraction of sp³-hybridized carbons (Fsp3) is 0.670. The Morgan fingerprint density at radius 2 is 0.648 bits per heavy atom. The van der Waals surface area contributed by atoms with E-state index in [1.165, 1.54) is 148 Å². The van der Waals surface area contributed by atoms with E-state index in [0.29, 0.717) is 12.8 Å². The molecular formula is C94H155NO13. The van der Waals surface area contributed by atoms with Crippen molar-refractivity contribution in [1.29, 1.82) is 0 Å². The highest BCUT2D eigenvalue weighted by molar-refractivity contribution is 5.76. The number of hydrogen-bond donors (Lipinski definition) is 9. The monoisotopic (exact) mass is 1510 g/mol. The minimum atomic E-state index is -1.81. The second-order valence-electron chi connectivity index (χ2n) is 29.2. The van der Waals surface area contributed by atoms with Gasteiger partial charge in [-0.2, -0.15) is 0 Å². The molecule has 0 aromatic heterocycles. The van der Waals surface area contributed by atoms with Crippen LogP contribution < -0.4 is 5.32 Å². The van der Waals surface area contributed by atoms with Crippen LogP contribution >= 0.6 is 0 Å². The third-order valence-corrected chi connectivity index (χ3v) is 19.6. The van der Waals surface area contributed by atoms with Crippen LogP contribution in [0, 0.1) is 0 Å². The molecule has 2 saturated heterocycles. The number of aliphatic hydroxyl groups excluding tert-OH is 8. The molecule has 1 amide bonds. The molecule has 0 spiro atoms. The smallest absolute Gasteiger partial charge is 0.220 e. The first-order valence-corrected chi connectivity index (χ1v) is 43.0. The topological polar surface area (TPSA) is 228 Å². The van der Waals surface area contributed by atoms with E-state index < -0.39 is 86.8 Å². The molecule has 2 heterocycles. The molecule has 0 saturated carbocycles. The predicted octanol–water partition coefficient (Wildman–Crippen LogP) is 20.8. The van der Waals surface area contributed by atoms with Crippen molar-refractivity contribution in [2.24, 2.45) is 0 Å². The molecule has 2 fully saturated rings. The van der Waals surface area contributed by atoms with E-state index in [4.69, 9.17) is 18.9 Å². The fourth-order valence-electron chi connectivity index (χ4n) is 12.8. The summed E-state index contributed by atoms with van der Waals surface area (Å²) >= 11 is 0. The molecule has 0 aromatic carbocycles. The summed E-state index contributed by atoms with van der Waals surface area (Å²) in [7, 11) is 0. The van der Waals surface area contributed by atoms with Crippen LogP contribution in [0.1, 0.15) is 309 Å². The minimum absolute atomic E-state index is 0.228. The van der Waals surface area contributed by atoms with Gasteiger partial charge in [-0.25, -0.2) is 0 Å². The first-order chi connectivity index (χ1) is 53.1. The Bertz CT molecular complexity index is 2530. The SMILES string of the molecule is CC/C=C\C/C=C\C/C=C\C/C=C\C/C=C\C/C=C\C/C=C\C/C=C\C/C=C\C/C=C\C/C=C\C/C=C\CCCCCCC(=O)NC(COC1OC(CO)C(OC2OC(CO)C(O)C(O)C2O)C(O)C1O)C(O)/C=C/CC/C=C/CC/C=C/CCCCCCCCCCCCCCCCCCCCCCCCC. The summed E-state index contributed by atoms with van der Waals surface area (Å²) in [5.41, 5.74) is 0. The van der Waals surface area contributed by atoms with Crippen molar-refractivity contribution in [1.82, 2.24) is 5.32 Å². The summed E-state index contributed by atoms with van der Waals surface area (Å²) in [6, 6.07) is -0.969. The summed E-state index contributed by atoms with van der Waals surface area (Å²) in [6.45, 7) is 2.66. The van der Waals surface area contributed by atoms with Gasteiger partial charge in [0, 0.05) is 6.42 Å². The van der Waals surface area contributed by atoms with E-state index in [1.807, 2.05) is 6.08 Å². The molecule has 2 aliphatic rings. The first-order valence-electron chi connectivity index (χ1n) is 43.0. The maximum Gasteiger partial charge on any atom is 0.220 e. The third-order valence-electron chi connectivity index (χ3n) is 19.6. The van der Waals surface area contributed by atoms with Gasteiger partial charge in [-0.3, -0.25) is 4.79 Å². The van der Waals surface area contributed by atoms with Crippen molar-refractivity contribution >= 4 is 5.91 Å². The summed E-state index contributed by atoms with van der Waals surface area (Å²) in [5.74, 6) is -0.283. The van der Waals surface area contributed by atoms with Crippen LogP contribution in [0.3, 0.4) is 0 Å². The molecule has 108 heavy (non-hydrogen) atoms. The average molecular weight is 1510 g/mol. The van der Waals surface area contributed by atoms with Gasteiger partial charge in [-0.05, 0) is 135 Å². The molecular weight excluding hydrogens is 1350 g/mol. The van der Waals surface area contributed by atoms with E-state index >= 15 is 0 Å². The Hall–Kier alpha value is -4.91. The maximum absolute atomic E-state index is 13.4. The van der Waals surface area contributed by atoms with Crippen LogP contribution in [-0.4, -0.2) is 140 Å². The van der Waals surface area contributed by atoms with E-state index in [1.54, 1.807) is 6.08 Å². The highest BCUT2D eigenvalue weighted by atomic mass is 16.7. The van der Waals surface area contributed by atoms with Crippen LogP contribution in [0.25, 0.3) is 0 Å². The Kier molecular flexibility index (Phi) is 68.7. The predicted molar refractivity (Wildman–Crippen MR) is 451 cm³/mol. The van der Waals surface area contributed by atoms with Gasteiger partial charge in [0.05, 0.1) is 32.0 Å². The number of unbranched alkanes of at least 4 members (excludes halogenated alkanes) is 29. The second-order valence-corrected chi connectivity index (χ2v) is 29.2. The number of nitrogens with one attached hydrogen (secondary N) is 1.